The summed E-state index contributed by atoms with van der Waals surface area (Å²) in [5.41, 5.74) is 7.84. The molecule has 2 N–H and O–H groups in total. The van der Waals surface area contributed by atoms with E-state index in [1.54, 1.807) is 0 Å². The average Bonchev–Trinajstić information content (AvgIpc) is 3.00. The van der Waals surface area contributed by atoms with Crippen LogP contribution in [-0.2, 0) is 11.2 Å². The number of benzene rings is 1. The number of hydrogen-bond acceptors (Lipinski definition) is 3. The molecule has 0 aliphatic heterocycles. The Hall–Kier alpha value is -1.55. The predicted molar refractivity (Wildman–Crippen MR) is 91.7 cm³/mol. The zero-order valence-corrected chi connectivity index (χ0v) is 13.9. The molecule has 4 nitrogen and oxygen atoms in total. The lowest BCUT2D eigenvalue weighted by Gasteiger charge is -2.30. The zero-order valence-electron chi connectivity index (χ0n) is 13.9. The Morgan fingerprint density at radius 2 is 1.86 bits per heavy atom. The highest BCUT2D eigenvalue weighted by molar-refractivity contribution is 5.77. The van der Waals surface area contributed by atoms with E-state index in [2.05, 4.69) is 23.9 Å². The Kier molecular flexibility index (Phi) is 6.25. The van der Waals surface area contributed by atoms with Crippen molar-refractivity contribution in [2.24, 2.45) is 0 Å². The number of carbonyl (C=O) groups is 1. The lowest BCUT2D eigenvalue weighted by atomic mass is 10.1. The topological polar surface area (TPSA) is 49.6 Å². The Morgan fingerprint density at radius 1 is 1.18 bits per heavy atom. The first-order valence-electron chi connectivity index (χ1n) is 8.35. The lowest BCUT2D eigenvalue weighted by molar-refractivity contribution is -0.133. The van der Waals surface area contributed by atoms with E-state index in [1.165, 1.54) is 12.8 Å². The third kappa shape index (κ3) is 4.73. The molecule has 0 aromatic heterocycles. The molecule has 1 saturated carbocycles. The molecule has 2 rings (SSSR count). The van der Waals surface area contributed by atoms with Crippen LogP contribution in [0.4, 0.5) is 5.69 Å². The van der Waals surface area contributed by atoms with Crippen molar-refractivity contribution in [2.75, 3.05) is 32.9 Å². The molecule has 122 valence electrons. The van der Waals surface area contributed by atoms with Crippen molar-refractivity contribution >= 4 is 11.6 Å². The quantitative estimate of drug-likeness (QED) is 0.788. The maximum atomic E-state index is 12.7. The fraction of sp³-hybridized carbons (Fsp3) is 0.611. The van der Waals surface area contributed by atoms with Gasteiger partial charge in [0.05, 0.1) is 0 Å². The second-order valence-electron chi connectivity index (χ2n) is 6.53. The van der Waals surface area contributed by atoms with Gasteiger partial charge in [0.2, 0.25) is 5.91 Å². The number of aryl methyl sites for hydroxylation is 1. The predicted octanol–water partition coefficient (Wildman–Crippen LogP) is 2.53. The molecule has 0 bridgehead atoms. The summed E-state index contributed by atoms with van der Waals surface area (Å²) in [6.45, 7) is 1.76. The normalized spacial score (nSPS) is 15.4. The Morgan fingerprint density at radius 3 is 2.50 bits per heavy atom. The monoisotopic (exact) mass is 303 g/mol. The second kappa shape index (κ2) is 8.18. The molecule has 0 heterocycles. The number of para-hydroxylation sites is 1. The van der Waals surface area contributed by atoms with E-state index in [4.69, 9.17) is 5.73 Å². The van der Waals surface area contributed by atoms with Crippen LogP contribution in [0.2, 0.25) is 0 Å². The SMILES string of the molecule is CN(C)CCN(C(=O)CCc1ccccc1N)C1CCCC1. The molecular weight excluding hydrogens is 274 g/mol. The largest absolute Gasteiger partial charge is 0.399 e. The van der Waals surface area contributed by atoms with Crippen LogP contribution in [0.25, 0.3) is 0 Å². The molecule has 0 spiro atoms. The minimum absolute atomic E-state index is 0.275. The second-order valence-corrected chi connectivity index (χ2v) is 6.53. The molecule has 1 fully saturated rings. The Balaban J connectivity index is 1.94. The van der Waals surface area contributed by atoms with Crippen LogP contribution in [0.15, 0.2) is 24.3 Å². The molecular formula is C18H29N3O. The van der Waals surface area contributed by atoms with E-state index in [1.807, 2.05) is 24.3 Å². The Bertz CT molecular complexity index is 481. The number of nitrogens with zero attached hydrogens (tertiary/aromatic N) is 2. The van der Waals surface area contributed by atoms with Gasteiger partial charge in [-0.15, -0.1) is 0 Å². The summed E-state index contributed by atoms with van der Waals surface area (Å²) in [4.78, 5) is 17.0. The smallest absolute Gasteiger partial charge is 0.223 e. The maximum Gasteiger partial charge on any atom is 0.223 e. The fourth-order valence-corrected chi connectivity index (χ4v) is 3.18. The number of amides is 1. The number of rotatable bonds is 7. The van der Waals surface area contributed by atoms with Crippen molar-refractivity contribution in [1.82, 2.24) is 9.80 Å². The van der Waals surface area contributed by atoms with Crippen LogP contribution in [0, 0.1) is 0 Å². The highest BCUT2D eigenvalue weighted by Crippen LogP contribution is 2.24. The number of nitrogens with two attached hydrogens (primary N) is 1. The van der Waals surface area contributed by atoms with Crippen LogP contribution < -0.4 is 5.73 Å². The minimum atomic E-state index is 0.275. The van der Waals surface area contributed by atoms with Crippen molar-refractivity contribution in [3.8, 4) is 0 Å². The van der Waals surface area contributed by atoms with Gasteiger partial charge in [-0.3, -0.25) is 4.79 Å². The number of nitrogen functional groups attached to an aromatic ring is 1. The molecule has 0 unspecified atom stereocenters. The first kappa shape index (κ1) is 16.8. The standard InChI is InChI=1S/C18H29N3O/c1-20(2)13-14-21(16-8-4-5-9-16)18(22)12-11-15-7-3-6-10-17(15)19/h3,6-7,10,16H,4-5,8-9,11-14,19H2,1-2H3. The van der Waals surface area contributed by atoms with Gasteiger partial charge in [0.25, 0.3) is 0 Å². The zero-order chi connectivity index (χ0) is 15.9. The van der Waals surface area contributed by atoms with Crippen LogP contribution in [-0.4, -0.2) is 48.9 Å². The van der Waals surface area contributed by atoms with Gasteiger partial charge in [-0.05, 0) is 45.0 Å². The molecule has 1 aliphatic rings. The minimum Gasteiger partial charge on any atom is -0.399 e. The molecule has 0 radical (unpaired) electrons. The van der Waals surface area contributed by atoms with Gasteiger partial charge >= 0.3 is 0 Å². The molecule has 1 aromatic rings. The summed E-state index contributed by atoms with van der Waals surface area (Å²) in [6, 6.07) is 8.28. The molecule has 1 aromatic carbocycles. The molecule has 1 amide bonds. The summed E-state index contributed by atoms with van der Waals surface area (Å²) in [5, 5.41) is 0. The Labute approximate surface area is 134 Å². The number of anilines is 1. The maximum absolute atomic E-state index is 12.7. The lowest BCUT2D eigenvalue weighted by Crippen LogP contribution is -2.42. The van der Waals surface area contributed by atoms with E-state index in [9.17, 15) is 4.79 Å². The summed E-state index contributed by atoms with van der Waals surface area (Å²) in [5.74, 6) is 0.275. The molecule has 4 heteroatoms. The van der Waals surface area contributed by atoms with Crippen molar-refractivity contribution in [3.63, 3.8) is 0 Å². The van der Waals surface area contributed by atoms with E-state index in [0.29, 0.717) is 12.5 Å². The van der Waals surface area contributed by atoms with E-state index >= 15 is 0 Å². The van der Waals surface area contributed by atoms with Crippen LogP contribution in [0.3, 0.4) is 0 Å². The summed E-state index contributed by atoms with van der Waals surface area (Å²) >= 11 is 0. The van der Waals surface area contributed by atoms with E-state index in [-0.39, 0.29) is 5.91 Å². The van der Waals surface area contributed by atoms with Gasteiger partial charge in [0, 0.05) is 31.2 Å². The highest BCUT2D eigenvalue weighted by Gasteiger charge is 2.26. The van der Waals surface area contributed by atoms with Crippen molar-refractivity contribution in [3.05, 3.63) is 29.8 Å². The summed E-state index contributed by atoms with van der Waals surface area (Å²) in [6.07, 6.45) is 6.11. The van der Waals surface area contributed by atoms with Crippen molar-refractivity contribution in [2.45, 2.75) is 44.6 Å². The first-order chi connectivity index (χ1) is 10.6. The third-order valence-corrected chi connectivity index (χ3v) is 4.54. The van der Waals surface area contributed by atoms with Crippen molar-refractivity contribution < 1.29 is 4.79 Å². The van der Waals surface area contributed by atoms with Gasteiger partial charge in [0.1, 0.15) is 0 Å². The number of carbonyl (C=O) groups excluding carboxylic acids is 1. The van der Waals surface area contributed by atoms with Gasteiger partial charge in [-0.25, -0.2) is 0 Å². The number of likely N-dealkylation sites (N-methyl/N-ethyl adjacent to an activating group) is 1. The first-order valence-corrected chi connectivity index (χ1v) is 8.35. The molecule has 22 heavy (non-hydrogen) atoms. The van der Waals surface area contributed by atoms with Crippen LogP contribution >= 0.6 is 0 Å². The molecule has 0 saturated heterocycles. The van der Waals surface area contributed by atoms with Gasteiger partial charge in [0.15, 0.2) is 0 Å². The molecule has 0 atom stereocenters. The fourth-order valence-electron chi connectivity index (χ4n) is 3.18. The van der Waals surface area contributed by atoms with Gasteiger partial charge < -0.3 is 15.5 Å². The number of hydrogen-bond donors (Lipinski definition) is 1. The van der Waals surface area contributed by atoms with Gasteiger partial charge in [-0.2, -0.15) is 0 Å². The van der Waals surface area contributed by atoms with E-state index < -0.39 is 0 Å². The van der Waals surface area contributed by atoms with Crippen LogP contribution in [0.5, 0.6) is 0 Å². The highest BCUT2D eigenvalue weighted by atomic mass is 16.2. The van der Waals surface area contributed by atoms with Crippen molar-refractivity contribution in [1.29, 1.82) is 0 Å². The average molecular weight is 303 g/mol. The summed E-state index contributed by atoms with van der Waals surface area (Å²) in [7, 11) is 4.12. The van der Waals surface area contributed by atoms with Crippen LogP contribution in [0.1, 0.15) is 37.7 Å². The van der Waals surface area contributed by atoms with Gasteiger partial charge in [-0.1, -0.05) is 31.0 Å². The van der Waals surface area contributed by atoms with E-state index in [0.717, 1.165) is 43.6 Å². The molecule has 1 aliphatic carbocycles. The summed E-state index contributed by atoms with van der Waals surface area (Å²) < 4.78 is 0. The third-order valence-electron chi connectivity index (χ3n) is 4.54.